The molecule has 2 N–H and O–H groups in total. The van der Waals surface area contributed by atoms with Crippen LogP contribution < -0.4 is 14.8 Å². The van der Waals surface area contributed by atoms with Gasteiger partial charge in [-0.3, -0.25) is 9.52 Å². The van der Waals surface area contributed by atoms with Crippen molar-refractivity contribution in [3.8, 4) is 5.75 Å². The van der Waals surface area contributed by atoms with Crippen molar-refractivity contribution in [3.05, 3.63) is 89.7 Å². The van der Waals surface area contributed by atoms with E-state index in [1.165, 1.54) is 42.5 Å². The number of amides is 1. The van der Waals surface area contributed by atoms with Crippen molar-refractivity contribution in [3.63, 3.8) is 0 Å². The standard InChI is InChI=1S/C23H23FN2O4S/c1-16(2)30-19-9-5-7-17(13-19)15-25-23(27)18-8-6-10-20(14-18)31(28,29)26-22-12-4-3-11-21(22)24/h3-14,16,26H,15H2,1-2H3,(H,25,27). The second-order valence-corrected chi connectivity index (χ2v) is 8.79. The van der Waals surface area contributed by atoms with Gasteiger partial charge in [-0.15, -0.1) is 0 Å². The van der Waals surface area contributed by atoms with E-state index in [2.05, 4.69) is 10.0 Å². The minimum absolute atomic E-state index is 0.0347. The molecule has 0 fully saturated rings. The Labute approximate surface area is 181 Å². The summed E-state index contributed by atoms with van der Waals surface area (Å²) in [5, 5.41) is 2.76. The molecule has 6 nitrogen and oxygen atoms in total. The molecule has 1 amide bonds. The Hall–Kier alpha value is -3.39. The topological polar surface area (TPSA) is 84.5 Å². The molecule has 0 aliphatic rings. The molecular formula is C23H23FN2O4S. The van der Waals surface area contributed by atoms with E-state index in [9.17, 15) is 17.6 Å². The van der Waals surface area contributed by atoms with E-state index in [1.54, 1.807) is 0 Å². The molecule has 162 valence electrons. The average molecular weight is 443 g/mol. The summed E-state index contributed by atoms with van der Waals surface area (Å²) in [5.74, 6) is -0.421. The lowest BCUT2D eigenvalue weighted by Gasteiger charge is -2.12. The van der Waals surface area contributed by atoms with Gasteiger partial charge in [0.15, 0.2) is 0 Å². The van der Waals surface area contributed by atoms with Crippen LogP contribution in [-0.4, -0.2) is 20.4 Å². The quantitative estimate of drug-likeness (QED) is 0.543. The molecular weight excluding hydrogens is 419 g/mol. The van der Waals surface area contributed by atoms with Gasteiger partial charge in [-0.05, 0) is 61.9 Å². The number of benzene rings is 3. The van der Waals surface area contributed by atoms with Crippen LogP contribution in [0.25, 0.3) is 0 Å². The zero-order valence-electron chi connectivity index (χ0n) is 17.1. The van der Waals surface area contributed by atoms with Gasteiger partial charge in [0.05, 0.1) is 16.7 Å². The van der Waals surface area contributed by atoms with Gasteiger partial charge in [0.25, 0.3) is 15.9 Å². The Morgan fingerprint density at radius 1 is 1.00 bits per heavy atom. The molecule has 0 heterocycles. The number of hydrogen-bond donors (Lipinski definition) is 2. The third kappa shape index (κ3) is 6.05. The molecule has 0 saturated heterocycles. The van der Waals surface area contributed by atoms with Crippen LogP contribution in [0.3, 0.4) is 0 Å². The number of anilines is 1. The van der Waals surface area contributed by atoms with Crippen molar-refractivity contribution in [2.75, 3.05) is 4.72 Å². The molecule has 0 radical (unpaired) electrons. The maximum atomic E-state index is 13.8. The normalized spacial score (nSPS) is 11.2. The molecule has 0 spiro atoms. The van der Waals surface area contributed by atoms with Gasteiger partial charge in [-0.25, -0.2) is 12.8 Å². The van der Waals surface area contributed by atoms with Crippen molar-refractivity contribution < 1.29 is 22.3 Å². The lowest BCUT2D eigenvalue weighted by molar-refractivity contribution is 0.0950. The summed E-state index contributed by atoms with van der Waals surface area (Å²) in [6, 6.07) is 18.4. The summed E-state index contributed by atoms with van der Waals surface area (Å²) >= 11 is 0. The third-order valence-corrected chi connectivity index (χ3v) is 5.61. The number of carbonyl (C=O) groups excluding carboxylic acids is 1. The Balaban J connectivity index is 1.71. The first-order valence-electron chi connectivity index (χ1n) is 9.66. The van der Waals surface area contributed by atoms with Crippen LogP contribution in [0.4, 0.5) is 10.1 Å². The summed E-state index contributed by atoms with van der Waals surface area (Å²) in [4.78, 5) is 12.4. The summed E-state index contributed by atoms with van der Waals surface area (Å²) in [6.45, 7) is 4.10. The van der Waals surface area contributed by atoms with Crippen LogP contribution in [0.2, 0.25) is 0 Å². The van der Waals surface area contributed by atoms with Crippen molar-refractivity contribution in [2.24, 2.45) is 0 Å². The molecule has 0 saturated carbocycles. The molecule has 0 aromatic heterocycles. The molecule has 3 aromatic carbocycles. The van der Waals surface area contributed by atoms with Crippen molar-refractivity contribution >= 4 is 21.6 Å². The van der Waals surface area contributed by atoms with E-state index in [0.717, 1.165) is 11.6 Å². The largest absolute Gasteiger partial charge is 0.491 e. The smallest absolute Gasteiger partial charge is 0.262 e. The maximum Gasteiger partial charge on any atom is 0.262 e. The fraction of sp³-hybridized carbons (Fsp3) is 0.174. The number of carbonyl (C=O) groups is 1. The Morgan fingerprint density at radius 2 is 1.74 bits per heavy atom. The second kappa shape index (κ2) is 9.61. The van der Waals surface area contributed by atoms with Crippen LogP contribution in [-0.2, 0) is 16.6 Å². The van der Waals surface area contributed by atoms with Crippen molar-refractivity contribution in [1.82, 2.24) is 5.32 Å². The maximum absolute atomic E-state index is 13.8. The van der Waals surface area contributed by atoms with E-state index in [0.29, 0.717) is 5.75 Å². The van der Waals surface area contributed by atoms with Gasteiger partial charge in [0.1, 0.15) is 11.6 Å². The van der Waals surface area contributed by atoms with E-state index < -0.39 is 21.7 Å². The predicted octanol–water partition coefficient (Wildman–Crippen LogP) is 4.34. The lowest BCUT2D eigenvalue weighted by Crippen LogP contribution is -2.23. The molecule has 0 unspecified atom stereocenters. The third-order valence-electron chi connectivity index (χ3n) is 4.25. The number of para-hydroxylation sites is 1. The number of hydrogen-bond acceptors (Lipinski definition) is 4. The van der Waals surface area contributed by atoms with Crippen LogP contribution in [0.15, 0.2) is 77.7 Å². The molecule has 3 rings (SSSR count). The summed E-state index contributed by atoms with van der Waals surface area (Å²) in [7, 11) is -4.06. The predicted molar refractivity (Wildman–Crippen MR) is 117 cm³/mol. The molecule has 3 aromatic rings. The summed E-state index contributed by atoms with van der Waals surface area (Å²) in [6.07, 6.45) is 0.0347. The SMILES string of the molecule is CC(C)Oc1cccc(CNC(=O)c2cccc(S(=O)(=O)Nc3ccccc3F)c2)c1. The first-order valence-corrected chi connectivity index (χ1v) is 11.1. The van der Waals surface area contributed by atoms with E-state index in [-0.39, 0.29) is 28.8 Å². The second-order valence-electron chi connectivity index (χ2n) is 7.11. The van der Waals surface area contributed by atoms with Gasteiger partial charge in [0.2, 0.25) is 0 Å². The Bertz CT molecular complexity index is 1180. The Kier molecular flexibility index (Phi) is 6.91. The van der Waals surface area contributed by atoms with Crippen LogP contribution in [0.5, 0.6) is 5.75 Å². The number of sulfonamides is 1. The molecule has 0 aliphatic heterocycles. The van der Waals surface area contributed by atoms with Crippen LogP contribution in [0.1, 0.15) is 29.8 Å². The highest BCUT2D eigenvalue weighted by molar-refractivity contribution is 7.92. The fourth-order valence-electron chi connectivity index (χ4n) is 2.84. The highest BCUT2D eigenvalue weighted by atomic mass is 32.2. The molecule has 0 aliphatic carbocycles. The molecule has 31 heavy (non-hydrogen) atoms. The van der Waals surface area contributed by atoms with Gasteiger partial charge < -0.3 is 10.1 Å². The minimum Gasteiger partial charge on any atom is -0.491 e. The molecule has 8 heteroatoms. The van der Waals surface area contributed by atoms with Gasteiger partial charge in [0, 0.05) is 12.1 Å². The monoisotopic (exact) mass is 442 g/mol. The molecule has 0 atom stereocenters. The minimum atomic E-state index is -4.06. The average Bonchev–Trinajstić information content (AvgIpc) is 2.73. The zero-order valence-corrected chi connectivity index (χ0v) is 17.9. The van der Waals surface area contributed by atoms with Crippen LogP contribution in [0, 0.1) is 5.82 Å². The van der Waals surface area contributed by atoms with Gasteiger partial charge in [-0.1, -0.05) is 30.3 Å². The Morgan fingerprint density at radius 3 is 2.48 bits per heavy atom. The summed E-state index contributed by atoms with van der Waals surface area (Å²) < 4.78 is 46.9. The van der Waals surface area contributed by atoms with Gasteiger partial charge in [-0.2, -0.15) is 0 Å². The number of rotatable bonds is 8. The lowest BCUT2D eigenvalue weighted by atomic mass is 10.2. The van der Waals surface area contributed by atoms with E-state index in [4.69, 9.17) is 4.74 Å². The van der Waals surface area contributed by atoms with Gasteiger partial charge >= 0.3 is 0 Å². The van der Waals surface area contributed by atoms with Crippen molar-refractivity contribution in [1.29, 1.82) is 0 Å². The number of halogens is 1. The van der Waals surface area contributed by atoms with Crippen molar-refractivity contribution in [2.45, 2.75) is 31.4 Å². The highest BCUT2D eigenvalue weighted by Crippen LogP contribution is 2.20. The fourth-order valence-corrected chi connectivity index (χ4v) is 3.95. The van der Waals surface area contributed by atoms with E-state index in [1.807, 2.05) is 38.1 Å². The highest BCUT2D eigenvalue weighted by Gasteiger charge is 2.18. The molecule has 0 bridgehead atoms. The van der Waals surface area contributed by atoms with E-state index >= 15 is 0 Å². The number of nitrogens with one attached hydrogen (secondary N) is 2. The summed E-state index contributed by atoms with van der Waals surface area (Å²) in [5.41, 5.74) is 0.850. The first-order chi connectivity index (χ1) is 14.7. The first kappa shape index (κ1) is 22.3. The van der Waals surface area contributed by atoms with Crippen LogP contribution >= 0.6 is 0 Å². The zero-order chi connectivity index (χ0) is 22.4. The number of ether oxygens (including phenoxy) is 1.